The van der Waals surface area contributed by atoms with Gasteiger partial charge in [0.05, 0.1) is 6.61 Å². The van der Waals surface area contributed by atoms with Gasteiger partial charge in [-0.15, -0.1) is 0 Å². The third-order valence-electron chi connectivity index (χ3n) is 10.5. The first-order chi connectivity index (χ1) is 28.4. The maximum atomic E-state index is 12.8. The molecule has 0 amide bonds. The van der Waals surface area contributed by atoms with E-state index >= 15 is 0 Å². The summed E-state index contributed by atoms with van der Waals surface area (Å²) in [5, 5.41) is 50.1. The number of hydrogen-bond donors (Lipinski definition) is 6. The molecule has 0 aromatic rings. The molecule has 6 unspecified atom stereocenters. The van der Waals surface area contributed by atoms with E-state index in [1.807, 2.05) is 0 Å². The number of allylic oxidation sites excluding steroid dienone is 6. The predicted octanol–water partition coefficient (Wildman–Crippen LogP) is 8.61. The number of esters is 2. The van der Waals surface area contributed by atoms with E-state index < -0.39 is 75.7 Å². The summed E-state index contributed by atoms with van der Waals surface area (Å²) >= 11 is 0. The molecule has 6 N–H and O–H groups in total. The minimum absolute atomic E-state index is 0.0940. The second-order valence-electron chi connectivity index (χ2n) is 15.9. The smallest absolute Gasteiger partial charge is 0.462 e. The molecule has 1 rings (SSSR count). The zero-order chi connectivity index (χ0) is 43.6. The van der Waals surface area contributed by atoms with Crippen molar-refractivity contribution in [1.82, 2.24) is 0 Å². The second-order valence-corrected chi connectivity index (χ2v) is 17.3. The predicted molar refractivity (Wildman–Crippen MR) is 230 cm³/mol. The molecule has 0 bridgehead atoms. The SMILES string of the molecule is CCCCCC=CCC=CCC=CCCCCCCC(=O)OC[C@H](COP(=O)(O)OC1C(O)C(O)C(O)[C@@H](O)C1O)OC(=O)CCCCCCCCCCCCCCC. The molecule has 0 aromatic heterocycles. The molecule has 0 aromatic carbocycles. The normalized spacial score (nSPS) is 22.6. The van der Waals surface area contributed by atoms with Crippen molar-refractivity contribution in [3.63, 3.8) is 0 Å². The quantitative estimate of drug-likeness (QED) is 0.0150. The van der Waals surface area contributed by atoms with Gasteiger partial charge in [-0.05, 0) is 51.4 Å². The summed E-state index contributed by atoms with van der Waals surface area (Å²) in [4.78, 5) is 35.6. The van der Waals surface area contributed by atoms with Crippen LogP contribution in [-0.2, 0) is 32.7 Å². The minimum Gasteiger partial charge on any atom is -0.462 e. The number of aliphatic hydroxyl groups is 5. The molecule has 59 heavy (non-hydrogen) atoms. The number of ether oxygens (including phenoxy) is 2. The fourth-order valence-electron chi connectivity index (χ4n) is 6.76. The molecule has 0 aliphatic heterocycles. The van der Waals surface area contributed by atoms with E-state index in [-0.39, 0.29) is 12.8 Å². The number of phosphoric ester groups is 1. The Morgan fingerprint density at radius 2 is 0.915 bits per heavy atom. The number of phosphoric acid groups is 1. The fourth-order valence-corrected chi connectivity index (χ4v) is 7.74. The first-order valence-corrected chi connectivity index (χ1v) is 24.3. The standard InChI is InChI=1S/C45H81O13P/c1-3-5-7-9-11-13-15-17-18-19-20-22-23-25-27-29-31-33-38(46)55-35-37(36-56-59(53,54)58-45-43(51)41(49)40(48)42(50)44(45)52)57-39(47)34-32-30-28-26-24-21-16-14-12-10-8-6-4-2/h11,13,17-18,20,22,37,40-45,48-52H,3-10,12,14-16,19,21,23-36H2,1-2H3,(H,53,54)/t37-,40?,41-,42?,43?,44?,45?/m1/s1. The molecule has 1 aliphatic rings. The van der Waals surface area contributed by atoms with Crippen LogP contribution in [0.3, 0.4) is 0 Å². The van der Waals surface area contributed by atoms with Gasteiger partial charge >= 0.3 is 19.8 Å². The molecule has 8 atom stereocenters. The van der Waals surface area contributed by atoms with Crippen LogP contribution >= 0.6 is 7.82 Å². The van der Waals surface area contributed by atoms with Crippen molar-refractivity contribution >= 4 is 19.8 Å². The lowest BCUT2D eigenvalue weighted by molar-refractivity contribution is -0.220. The van der Waals surface area contributed by atoms with Gasteiger partial charge in [-0.25, -0.2) is 4.57 Å². The largest absolute Gasteiger partial charge is 0.472 e. The maximum Gasteiger partial charge on any atom is 0.472 e. The van der Waals surface area contributed by atoms with Gasteiger partial charge in [0.2, 0.25) is 0 Å². The topological polar surface area (TPSA) is 210 Å². The van der Waals surface area contributed by atoms with Crippen LogP contribution in [0.1, 0.15) is 181 Å². The number of rotatable bonds is 37. The van der Waals surface area contributed by atoms with Crippen molar-refractivity contribution in [3.05, 3.63) is 36.5 Å². The Morgan fingerprint density at radius 1 is 0.525 bits per heavy atom. The molecular formula is C45H81O13P. The highest BCUT2D eigenvalue weighted by Gasteiger charge is 2.51. The zero-order valence-electron chi connectivity index (χ0n) is 36.3. The molecular weight excluding hydrogens is 779 g/mol. The highest BCUT2D eigenvalue weighted by Crippen LogP contribution is 2.47. The van der Waals surface area contributed by atoms with Crippen molar-refractivity contribution in [1.29, 1.82) is 0 Å². The lowest BCUT2D eigenvalue weighted by atomic mass is 9.85. The number of unbranched alkanes of at least 4 members (excludes halogenated alkanes) is 19. The van der Waals surface area contributed by atoms with Gasteiger partial charge in [0, 0.05) is 12.8 Å². The van der Waals surface area contributed by atoms with E-state index in [1.165, 1.54) is 70.6 Å². The van der Waals surface area contributed by atoms with Crippen molar-refractivity contribution in [2.45, 2.75) is 224 Å². The van der Waals surface area contributed by atoms with Crippen molar-refractivity contribution in [2.24, 2.45) is 0 Å². The first-order valence-electron chi connectivity index (χ1n) is 22.8. The van der Waals surface area contributed by atoms with Crippen LogP contribution in [0.25, 0.3) is 0 Å². The average Bonchev–Trinajstić information content (AvgIpc) is 3.21. The lowest BCUT2D eigenvalue weighted by Crippen LogP contribution is -2.64. The summed E-state index contributed by atoms with van der Waals surface area (Å²) < 4.78 is 33.5. The maximum absolute atomic E-state index is 12.8. The lowest BCUT2D eigenvalue weighted by Gasteiger charge is -2.41. The van der Waals surface area contributed by atoms with Crippen LogP contribution < -0.4 is 0 Å². The molecule has 0 spiro atoms. The van der Waals surface area contributed by atoms with E-state index in [0.29, 0.717) is 12.8 Å². The van der Waals surface area contributed by atoms with Crippen LogP contribution in [0, 0.1) is 0 Å². The van der Waals surface area contributed by atoms with Gasteiger partial charge in [0.15, 0.2) is 6.10 Å². The van der Waals surface area contributed by atoms with E-state index in [0.717, 1.165) is 70.6 Å². The van der Waals surface area contributed by atoms with Gasteiger partial charge in [0.1, 0.15) is 43.2 Å². The molecule has 0 radical (unpaired) electrons. The summed E-state index contributed by atoms with van der Waals surface area (Å²) in [6.45, 7) is 3.25. The Kier molecular flexibility index (Phi) is 33.3. The Morgan fingerprint density at radius 3 is 1.42 bits per heavy atom. The van der Waals surface area contributed by atoms with E-state index in [2.05, 4.69) is 50.3 Å². The summed E-state index contributed by atoms with van der Waals surface area (Å²) in [6.07, 6.45) is 26.3. The Hall–Kier alpha value is -1.93. The summed E-state index contributed by atoms with van der Waals surface area (Å²) in [6, 6.07) is 0. The number of hydrogen-bond acceptors (Lipinski definition) is 12. The minimum atomic E-state index is -5.12. The summed E-state index contributed by atoms with van der Waals surface area (Å²) in [5.41, 5.74) is 0. The molecule has 14 heteroatoms. The summed E-state index contributed by atoms with van der Waals surface area (Å²) in [7, 11) is -5.12. The highest BCUT2D eigenvalue weighted by molar-refractivity contribution is 7.47. The molecule has 344 valence electrons. The van der Waals surface area contributed by atoms with Gasteiger partial charge < -0.3 is 39.9 Å². The average molecular weight is 861 g/mol. The molecule has 0 saturated heterocycles. The third-order valence-corrected chi connectivity index (χ3v) is 11.5. The van der Waals surface area contributed by atoms with Gasteiger partial charge in [-0.3, -0.25) is 18.6 Å². The molecule has 1 aliphatic carbocycles. The fraction of sp³-hybridized carbons (Fsp3) is 0.822. The van der Waals surface area contributed by atoms with Crippen LogP contribution in [0.5, 0.6) is 0 Å². The number of aliphatic hydroxyl groups excluding tert-OH is 5. The Bertz CT molecular complexity index is 1180. The third kappa shape index (κ3) is 28.3. The van der Waals surface area contributed by atoms with E-state index in [4.69, 9.17) is 18.5 Å². The van der Waals surface area contributed by atoms with Crippen LogP contribution in [-0.4, -0.2) is 98.3 Å². The zero-order valence-corrected chi connectivity index (χ0v) is 37.2. The molecule has 0 heterocycles. The van der Waals surface area contributed by atoms with Gasteiger partial charge in [-0.2, -0.15) is 0 Å². The Balaban J connectivity index is 2.48. The molecule has 1 fully saturated rings. The second kappa shape index (κ2) is 35.6. The van der Waals surface area contributed by atoms with E-state index in [9.17, 15) is 44.6 Å². The first kappa shape index (κ1) is 55.1. The number of carbonyl (C=O) groups is 2. The number of carbonyl (C=O) groups excluding carboxylic acids is 2. The molecule has 13 nitrogen and oxygen atoms in total. The van der Waals surface area contributed by atoms with Crippen LogP contribution in [0.15, 0.2) is 36.5 Å². The van der Waals surface area contributed by atoms with Crippen LogP contribution in [0.4, 0.5) is 0 Å². The molecule has 1 saturated carbocycles. The van der Waals surface area contributed by atoms with Crippen LogP contribution in [0.2, 0.25) is 0 Å². The van der Waals surface area contributed by atoms with Crippen molar-refractivity contribution in [2.75, 3.05) is 13.2 Å². The van der Waals surface area contributed by atoms with Gasteiger partial charge in [0.25, 0.3) is 0 Å². The van der Waals surface area contributed by atoms with E-state index in [1.54, 1.807) is 0 Å². The Labute approximate surface area is 355 Å². The monoisotopic (exact) mass is 861 g/mol. The highest BCUT2D eigenvalue weighted by atomic mass is 31.2. The van der Waals surface area contributed by atoms with Crippen molar-refractivity contribution < 1.29 is 63.1 Å². The van der Waals surface area contributed by atoms with Gasteiger partial charge in [-0.1, -0.05) is 153 Å². The summed E-state index contributed by atoms with van der Waals surface area (Å²) in [5.74, 6) is -1.12. The van der Waals surface area contributed by atoms with Crippen molar-refractivity contribution in [3.8, 4) is 0 Å².